The highest BCUT2D eigenvalue weighted by Gasteiger charge is 2.18. The van der Waals surface area contributed by atoms with Crippen LogP contribution >= 0.6 is 0 Å². The highest BCUT2D eigenvalue weighted by atomic mass is 16.7. The molecule has 0 saturated carbocycles. The zero-order valence-electron chi connectivity index (χ0n) is 18.4. The predicted octanol–water partition coefficient (Wildman–Crippen LogP) is 4.51. The maximum absolute atomic E-state index is 12.9. The maximum Gasteiger partial charge on any atom is 0.231 e. The van der Waals surface area contributed by atoms with E-state index in [1.54, 1.807) is 0 Å². The molecular formula is C26H25N3O3. The topological polar surface area (TPSA) is 64.9 Å². The molecule has 0 saturated heterocycles. The fourth-order valence-electron chi connectivity index (χ4n) is 3.95. The summed E-state index contributed by atoms with van der Waals surface area (Å²) in [5.41, 5.74) is 8.12. The van der Waals surface area contributed by atoms with Gasteiger partial charge in [0.1, 0.15) is 5.65 Å². The van der Waals surface area contributed by atoms with Gasteiger partial charge >= 0.3 is 0 Å². The van der Waals surface area contributed by atoms with E-state index in [2.05, 4.69) is 37.4 Å². The molecule has 0 spiro atoms. The highest BCUT2D eigenvalue weighted by molar-refractivity contribution is 5.81. The lowest BCUT2D eigenvalue weighted by Crippen LogP contribution is -2.25. The minimum Gasteiger partial charge on any atom is -0.454 e. The minimum atomic E-state index is -0.0601. The summed E-state index contributed by atoms with van der Waals surface area (Å²) in [5.74, 6) is 1.39. The van der Waals surface area contributed by atoms with E-state index in [1.165, 1.54) is 11.1 Å². The van der Waals surface area contributed by atoms with Crippen LogP contribution in [0, 0.1) is 20.8 Å². The summed E-state index contributed by atoms with van der Waals surface area (Å²) in [4.78, 5) is 17.8. The van der Waals surface area contributed by atoms with E-state index < -0.39 is 0 Å². The molecule has 1 N–H and O–H groups in total. The number of carbonyl (C=O) groups excluding carboxylic acids is 1. The van der Waals surface area contributed by atoms with Crippen molar-refractivity contribution in [3.8, 4) is 22.8 Å². The van der Waals surface area contributed by atoms with E-state index in [1.807, 2.05) is 47.9 Å². The lowest BCUT2D eigenvalue weighted by molar-refractivity contribution is -0.120. The Morgan fingerprint density at radius 1 is 1.00 bits per heavy atom. The van der Waals surface area contributed by atoms with Crippen molar-refractivity contribution >= 4 is 11.6 Å². The number of pyridine rings is 1. The molecule has 0 atom stereocenters. The number of aryl methyl sites for hydroxylation is 3. The first-order valence-electron chi connectivity index (χ1n) is 10.7. The van der Waals surface area contributed by atoms with Crippen LogP contribution in [0.1, 0.15) is 27.9 Å². The number of benzene rings is 2. The molecule has 1 aliphatic rings. The van der Waals surface area contributed by atoms with Gasteiger partial charge in [-0.3, -0.25) is 4.79 Å². The van der Waals surface area contributed by atoms with Gasteiger partial charge in [0.15, 0.2) is 11.5 Å². The molecule has 5 rings (SSSR count). The smallest absolute Gasteiger partial charge is 0.231 e. The fourth-order valence-corrected chi connectivity index (χ4v) is 3.95. The maximum atomic E-state index is 12.9. The molecule has 0 aliphatic carbocycles. The Balaban J connectivity index is 1.42. The zero-order chi connectivity index (χ0) is 22.2. The van der Waals surface area contributed by atoms with Gasteiger partial charge in [0, 0.05) is 18.3 Å². The predicted molar refractivity (Wildman–Crippen MR) is 123 cm³/mol. The first-order chi connectivity index (χ1) is 15.5. The number of nitrogens with one attached hydrogen (secondary N) is 1. The van der Waals surface area contributed by atoms with E-state index in [4.69, 9.17) is 14.5 Å². The van der Waals surface area contributed by atoms with Crippen molar-refractivity contribution in [1.82, 2.24) is 14.7 Å². The van der Waals surface area contributed by atoms with Gasteiger partial charge < -0.3 is 19.2 Å². The van der Waals surface area contributed by atoms with Crippen LogP contribution in [0.15, 0.2) is 54.7 Å². The second kappa shape index (κ2) is 8.04. The van der Waals surface area contributed by atoms with E-state index >= 15 is 0 Å². The summed E-state index contributed by atoms with van der Waals surface area (Å²) in [6.45, 7) is 6.89. The molecule has 2 aromatic heterocycles. The van der Waals surface area contributed by atoms with Crippen LogP contribution in [-0.2, 0) is 17.8 Å². The fraction of sp³-hybridized carbons (Fsp3) is 0.231. The molecule has 6 heteroatoms. The molecule has 2 aromatic carbocycles. The molecule has 0 fully saturated rings. The van der Waals surface area contributed by atoms with Crippen LogP contribution in [0.25, 0.3) is 16.9 Å². The molecule has 0 unspecified atom stereocenters. The first-order valence-corrected chi connectivity index (χ1v) is 10.7. The van der Waals surface area contributed by atoms with Crippen molar-refractivity contribution in [2.24, 2.45) is 0 Å². The Bertz CT molecular complexity index is 1340. The second-order valence-electron chi connectivity index (χ2n) is 8.28. The Morgan fingerprint density at radius 2 is 1.84 bits per heavy atom. The lowest BCUT2D eigenvalue weighted by Gasteiger charge is -2.09. The highest BCUT2D eigenvalue weighted by Crippen LogP contribution is 2.32. The molecular weight excluding hydrogens is 402 g/mol. The SMILES string of the molecule is Cc1ccn2c(CC(=O)NCc3ccc4c(c3)OCO4)c(-c3ccc(C)c(C)c3)nc2c1. The van der Waals surface area contributed by atoms with Crippen molar-refractivity contribution in [1.29, 1.82) is 0 Å². The Labute approximate surface area is 186 Å². The average Bonchev–Trinajstić information content (AvgIpc) is 3.38. The van der Waals surface area contributed by atoms with Crippen molar-refractivity contribution in [2.75, 3.05) is 6.79 Å². The van der Waals surface area contributed by atoms with Crippen molar-refractivity contribution in [2.45, 2.75) is 33.7 Å². The number of nitrogens with zero attached hydrogens (tertiary/aromatic N) is 2. The summed E-state index contributed by atoms with van der Waals surface area (Å²) in [7, 11) is 0. The van der Waals surface area contributed by atoms with Crippen LogP contribution < -0.4 is 14.8 Å². The monoisotopic (exact) mass is 427 g/mol. The number of ether oxygens (including phenoxy) is 2. The molecule has 162 valence electrons. The average molecular weight is 428 g/mol. The van der Waals surface area contributed by atoms with Crippen LogP contribution in [0.2, 0.25) is 0 Å². The summed E-state index contributed by atoms with van der Waals surface area (Å²) < 4.78 is 12.8. The van der Waals surface area contributed by atoms with Gasteiger partial charge in [-0.2, -0.15) is 0 Å². The van der Waals surface area contributed by atoms with Crippen molar-refractivity contribution in [3.05, 3.63) is 82.7 Å². The summed E-state index contributed by atoms with van der Waals surface area (Å²) >= 11 is 0. The molecule has 0 bridgehead atoms. The van der Waals surface area contributed by atoms with E-state index in [9.17, 15) is 4.79 Å². The molecule has 0 radical (unpaired) electrons. The van der Waals surface area contributed by atoms with E-state index in [-0.39, 0.29) is 19.1 Å². The normalized spacial score (nSPS) is 12.3. The number of aromatic nitrogens is 2. The lowest BCUT2D eigenvalue weighted by atomic mass is 10.0. The minimum absolute atomic E-state index is 0.0601. The third-order valence-electron chi connectivity index (χ3n) is 5.92. The Hall–Kier alpha value is -3.80. The summed E-state index contributed by atoms with van der Waals surface area (Å²) in [6.07, 6.45) is 2.22. The van der Waals surface area contributed by atoms with Crippen LogP contribution in [0.4, 0.5) is 0 Å². The van der Waals surface area contributed by atoms with Crippen molar-refractivity contribution in [3.63, 3.8) is 0 Å². The van der Waals surface area contributed by atoms with Gasteiger partial charge in [-0.15, -0.1) is 0 Å². The van der Waals surface area contributed by atoms with Crippen LogP contribution in [0.5, 0.6) is 11.5 Å². The Kier molecular flexibility index (Phi) is 5.05. The van der Waals surface area contributed by atoms with Gasteiger partial charge in [0.05, 0.1) is 17.8 Å². The Morgan fingerprint density at radius 3 is 2.69 bits per heavy atom. The number of hydrogen-bond acceptors (Lipinski definition) is 4. The quantitative estimate of drug-likeness (QED) is 0.509. The number of amides is 1. The number of rotatable bonds is 5. The van der Waals surface area contributed by atoms with Gasteiger partial charge in [-0.05, 0) is 73.4 Å². The van der Waals surface area contributed by atoms with Gasteiger partial charge in [0.25, 0.3) is 0 Å². The van der Waals surface area contributed by atoms with E-state index in [0.717, 1.165) is 39.5 Å². The number of hydrogen-bond donors (Lipinski definition) is 1. The van der Waals surface area contributed by atoms with Gasteiger partial charge in [-0.25, -0.2) is 4.98 Å². The van der Waals surface area contributed by atoms with Crippen LogP contribution in [-0.4, -0.2) is 22.1 Å². The molecule has 3 heterocycles. The first kappa shape index (κ1) is 20.1. The number of carbonyl (C=O) groups is 1. The molecule has 4 aromatic rings. The second-order valence-corrected chi connectivity index (χ2v) is 8.28. The number of fused-ring (bicyclic) bond motifs is 2. The van der Waals surface area contributed by atoms with E-state index in [0.29, 0.717) is 12.3 Å². The van der Waals surface area contributed by atoms with Gasteiger partial charge in [0.2, 0.25) is 12.7 Å². The standard InChI is InChI=1S/C26H25N3O3/c1-16-8-9-29-21(26(28-24(29)10-16)20-6-4-17(2)18(3)11-20)13-25(30)27-14-19-5-7-22-23(12-19)32-15-31-22/h4-12H,13-15H2,1-3H3,(H,27,30). The largest absolute Gasteiger partial charge is 0.454 e. The van der Waals surface area contributed by atoms with Gasteiger partial charge in [-0.1, -0.05) is 18.2 Å². The third-order valence-corrected chi connectivity index (χ3v) is 5.92. The number of imidazole rings is 1. The summed E-state index contributed by atoms with van der Waals surface area (Å²) in [6, 6.07) is 16.1. The molecule has 32 heavy (non-hydrogen) atoms. The van der Waals surface area contributed by atoms with Crippen molar-refractivity contribution < 1.29 is 14.3 Å². The zero-order valence-corrected chi connectivity index (χ0v) is 18.4. The third kappa shape index (κ3) is 3.80. The molecule has 1 amide bonds. The molecule has 1 aliphatic heterocycles. The van der Waals surface area contributed by atoms with Crippen LogP contribution in [0.3, 0.4) is 0 Å². The summed E-state index contributed by atoms with van der Waals surface area (Å²) in [5, 5.41) is 3.03. The molecule has 6 nitrogen and oxygen atoms in total.